The van der Waals surface area contributed by atoms with Crippen molar-refractivity contribution in [1.29, 1.82) is 0 Å². The number of thiazole rings is 1. The molecule has 2 aromatic rings. The van der Waals surface area contributed by atoms with Gasteiger partial charge in [0.1, 0.15) is 5.01 Å². The van der Waals surface area contributed by atoms with Crippen molar-refractivity contribution in [2.45, 2.75) is 25.8 Å². The molecule has 31 heavy (non-hydrogen) atoms. The topological polar surface area (TPSA) is 73.8 Å². The molecule has 0 spiro atoms. The Labute approximate surface area is 185 Å². The minimum atomic E-state index is -0.223. The Bertz CT molecular complexity index is 981. The van der Waals surface area contributed by atoms with Gasteiger partial charge in [0.05, 0.1) is 28.6 Å². The highest BCUT2D eigenvalue weighted by Gasteiger charge is 2.47. The highest BCUT2D eigenvalue weighted by atomic mass is 32.1. The lowest BCUT2D eigenvalue weighted by atomic mass is 9.85. The summed E-state index contributed by atoms with van der Waals surface area (Å²) in [5, 5.41) is 1.10. The fraction of sp³-hybridized carbons (Fsp3) is 0.478. The number of para-hydroxylation sites is 1. The van der Waals surface area contributed by atoms with Crippen molar-refractivity contribution in [3.8, 4) is 0 Å². The summed E-state index contributed by atoms with van der Waals surface area (Å²) in [5.41, 5.74) is 1.04. The van der Waals surface area contributed by atoms with Crippen LogP contribution < -0.4 is 0 Å². The monoisotopic (exact) mass is 438 g/mol. The van der Waals surface area contributed by atoms with Crippen LogP contribution in [0.1, 0.15) is 24.3 Å². The van der Waals surface area contributed by atoms with Crippen molar-refractivity contribution < 1.29 is 14.4 Å². The first kappa shape index (κ1) is 20.3. The second-order valence-electron chi connectivity index (χ2n) is 8.47. The number of rotatable bonds is 5. The van der Waals surface area contributed by atoms with Crippen molar-refractivity contribution in [1.82, 2.24) is 19.7 Å². The van der Waals surface area contributed by atoms with Crippen LogP contribution in [0.2, 0.25) is 0 Å². The Morgan fingerprint density at radius 2 is 1.68 bits per heavy atom. The largest absolute Gasteiger partial charge is 0.340 e. The molecule has 1 aromatic heterocycles. The summed E-state index contributed by atoms with van der Waals surface area (Å²) >= 11 is 1.72. The lowest BCUT2D eigenvalue weighted by Gasteiger charge is -2.34. The van der Waals surface area contributed by atoms with Gasteiger partial charge in [0.25, 0.3) is 0 Å². The predicted octanol–water partition coefficient (Wildman–Crippen LogP) is 2.28. The summed E-state index contributed by atoms with van der Waals surface area (Å²) in [4.78, 5) is 48.0. The number of hydrogen-bond donors (Lipinski definition) is 0. The number of carbonyl (C=O) groups excluding carboxylic acids is 3. The third-order valence-corrected chi connectivity index (χ3v) is 7.59. The average Bonchev–Trinajstić information content (AvgIpc) is 3.31. The van der Waals surface area contributed by atoms with Gasteiger partial charge < -0.3 is 4.90 Å². The van der Waals surface area contributed by atoms with Gasteiger partial charge in [-0.3, -0.25) is 24.2 Å². The van der Waals surface area contributed by atoms with E-state index in [1.165, 1.54) is 9.60 Å². The van der Waals surface area contributed by atoms with E-state index in [9.17, 15) is 14.4 Å². The predicted molar refractivity (Wildman–Crippen MR) is 118 cm³/mol. The van der Waals surface area contributed by atoms with Gasteiger partial charge in [-0.15, -0.1) is 11.3 Å². The van der Waals surface area contributed by atoms with Crippen molar-refractivity contribution in [3.05, 3.63) is 41.4 Å². The van der Waals surface area contributed by atoms with Crippen LogP contribution in [-0.2, 0) is 20.9 Å². The third-order valence-electron chi connectivity index (χ3n) is 6.57. The maximum absolute atomic E-state index is 12.7. The van der Waals surface area contributed by atoms with Crippen LogP contribution in [0.15, 0.2) is 36.4 Å². The number of piperazine rings is 1. The first-order valence-electron chi connectivity index (χ1n) is 10.9. The van der Waals surface area contributed by atoms with Crippen LogP contribution >= 0.6 is 11.3 Å². The molecular weight excluding hydrogens is 412 g/mol. The molecule has 8 heteroatoms. The van der Waals surface area contributed by atoms with Crippen LogP contribution in [-0.4, -0.2) is 70.1 Å². The first-order valence-corrected chi connectivity index (χ1v) is 11.8. The zero-order valence-corrected chi connectivity index (χ0v) is 18.2. The maximum atomic E-state index is 12.7. The van der Waals surface area contributed by atoms with Crippen LogP contribution in [0, 0.1) is 11.8 Å². The smallest absolute Gasteiger partial charge is 0.233 e. The van der Waals surface area contributed by atoms with Crippen molar-refractivity contribution in [2.75, 3.05) is 32.7 Å². The zero-order chi connectivity index (χ0) is 21.4. The molecule has 1 aliphatic carbocycles. The molecule has 162 valence electrons. The van der Waals surface area contributed by atoms with E-state index in [2.05, 4.69) is 11.0 Å². The van der Waals surface area contributed by atoms with Crippen LogP contribution in [0.4, 0.5) is 0 Å². The number of amides is 3. The molecule has 3 amide bonds. The number of carbonyl (C=O) groups is 3. The first-order chi connectivity index (χ1) is 15.1. The molecule has 3 heterocycles. The summed E-state index contributed by atoms with van der Waals surface area (Å²) in [7, 11) is 0. The molecule has 0 saturated carbocycles. The zero-order valence-electron chi connectivity index (χ0n) is 17.4. The standard InChI is InChI=1S/C23H26N4O3S/c28-21(9-10-27-22(29)16-5-1-2-6-17(16)23(27)30)26-13-11-25(12-14-26)15-20-24-18-7-3-4-8-19(18)31-20/h1-4,7-8,16-17H,5-6,9-15H2/t16-,17-/m1/s1. The van der Waals surface area contributed by atoms with Crippen LogP contribution in [0.25, 0.3) is 10.2 Å². The number of hydrogen-bond acceptors (Lipinski definition) is 6. The van der Waals surface area contributed by atoms with Crippen molar-refractivity contribution >= 4 is 39.3 Å². The Morgan fingerprint density at radius 3 is 2.35 bits per heavy atom. The van der Waals surface area contributed by atoms with E-state index < -0.39 is 0 Å². The van der Waals surface area contributed by atoms with Crippen molar-refractivity contribution in [3.63, 3.8) is 0 Å². The fourth-order valence-electron chi connectivity index (χ4n) is 4.79. The quantitative estimate of drug-likeness (QED) is 0.529. The highest BCUT2D eigenvalue weighted by Crippen LogP contribution is 2.35. The molecule has 1 aromatic carbocycles. The van der Waals surface area contributed by atoms with E-state index in [4.69, 9.17) is 4.98 Å². The number of nitrogens with zero attached hydrogens (tertiary/aromatic N) is 4. The molecule has 0 radical (unpaired) electrons. The maximum Gasteiger partial charge on any atom is 0.233 e. The van der Waals surface area contributed by atoms with Crippen molar-refractivity contribution in [2.24, 2.45) is 11.8 Å². The van der Waals surface area contributed by atoms with Gasteiger partial charge in [-0.1, -0.05) is 24.3 Å². The van der Waals surface area contributed by atoms with Gasteiger partial charge in [-0.2, -0.15) is 0 Å². The Hall–Kier alpha value is -2.58. The third kappa shape index (κ3) is 4.02. The molecular formula is C23H26N4O3S. The number of allylic oxidation sites excluding steroid dienone is 2. The minimum Gasteiger partial charge on any atom is -0.340 e. The van der Waals surface area contributed by atoms with Gasteiger partial charge in [0.2, 0.25) is 17.7 Å². The molecule has 0 bridgehead atoms. The number of imide groups is 1. The molecule has 0 unspecified atom stereocenters. The van der Waals surface area contributed by atoms with E-state index in [0.717, 1.165) is 30.2 Å². The molecule has 0 N–H and O–H groups in total. The van der Waals surface area contributed by atoms with Crippen LogP contribution in [0.5, 0.6) is 0 Å². The molecule has 2 fully saturated rings. The summed E-state index contributed by atoms with van der Waals surface area (Å²) in [6, 6.07) is 8.16. The SMILES string of the molecule is O=C(CCN1C(=O)[C@@H]2CC=CC[C@H]2C1=O)N1CCN(Cc2nc3ccccc3s2)CC1. The van der Waals surface area contributed by atoms with Gasteiger partial charge in [-0.25, -0.2) is 4.98 Å². The average molecular weight is 439 g/mol. The van der Waals surface area contributed by atoms with E-state index in [1.807, 2.05) is 35.3 Å². The van der Waals surface area contributed by atoms with Gasteiger partial charge in [0, 0.05) is 39.1 Å². The Balaban J connectivity index is 1.10. The second-order valence-corrected chi connectivity index (χ2v) is 9.58. The summed E-state index contributed by atoms with van der Waals surface area (Å²) < 4.78 is 1.20. The molecule has 7 nitrogen and oxygen atoms in total. The minimum absolute atomic E-state index is 0.0215. The Morgan fingerprint density at radius 1 is 1.00 bits per heavy atom. The number of benzene rings is 1. The molecule has 2 atom stereocenters. The van der Waals surface area contributed by atoms with E-state index in [0.29, 0.717) is 25.9 Å². The molecule has 3 aliphatic rings. The molecule has 2 aliphatic heterocycles. The van der Waals surface area contributed by atoms with Gasteiger partial charge in [0.15, 0.2) is 0 Å². The summed E-state index contributed by atoms with van der Waals surface area (Å²) in [6.07, 6.45) is 5.44. The summed E-state index contributed by atoms with van der Waals surface area (Å²) in [5.74, 6) is -0.633. The van der Waals surface area contributed by atoms with Gasteiger partial charge in [-0.05, 0) is 25.0 Å². The number of fused-ring (bicyclic) bond motifs is 2. The second kappa shape index (κ2) is 8.51. The lowest BCUT2D eigenvalue weighted by Crippen LogP contribution is -2.49. The normalized spacial score (nSPS) is 24.3. The van der Waals surface area contributed by atoms with E-state index >= 15 is 0 Å². The van der Waals surface area contributed by atoms with E-state index in [1.54, 1.807) is 11.3 Å². The Kier molecular flexibility index (Phi) is 5.58. The molecule has 2 saturated heterocycles. The van der Waals surface area contributed by atoms with Gasteiger partial charge >= 0.3 is 0 Å². The van der Waals surface area contributed by atoms with Crippen LogP contribution in [0.3, 0.4) is 0 Å². The summed E-state index contributed by atoms with van der Waals surface area (Å²) in [6.45, 7) is 3.95. The fourth-order valence-corrected chi connectivity index (χ4v) is 5.80. The van der Waals surface area contributed by atoms with E-state index in [-0.39, 0.29) is 42.5 Å². The lowest BCUT2D eigenvalue weighted by molar-refractivity contribution is -0.141. The molecule has 5 rings (SSSR count). The number of likely N-dealkylation sites (tertiary alicyclic amines) is 1. The number of aromatic nitrogens is 1. The highest BCUT2D eigenvalue weighted by molar-refractivity contribution is 7.18.